The van der Waals surface area contributed by atoms with Crippen LogP contribution in [0.25, 0.3) is 0 Å². The van der Waals surface area contributed by atoms with Gasteiger partial charge in [0.1, 0.15) is 18.5 Å². The quantitative estimate of drug-likeness (QED) is 0.879. The maximum absolute atomic E-state index is 10.1. The lowest BCUT2D eigenvalue weighted by Crippen LogP contribution is -2.11. The molecular weight excluding hydrogens is 252 g/mol. The minimum atomic E-state index is -0.681. The van der Waals surface area contributed by atoms with Crippen LogP contribution < -0.4 is 4.74 Å². The topological polar surface area (TPSA) is 49.7 Å². The Balaban J connectivity index is 2.08. The van der Waals surface area contributed by atoms with Crippen LogP contribution in [0.4, 0.5) is 0 Å². The third kappa shape index (κ3) is 3.59. The molecule has 1 unspecified atom stereocenters. The fourth-order valence-corrected chi connectivity index (χ4v) is 2.07. The number of aryl methyl sites for hydroxylation is 1. The Labute approximate surface area is 119 Å². The highest BCUT2D eigenvalue weighted by molar-refractivity contribution is 5.38. The van der Waals surface area contributed by atoms with Crippen molar-refractivity contribution in [1.82, 2.24) is 0 Å². The van der Waals surface area contributed by atoms with E-state index in [2.05, 4.69) is 0 Å². The zero-order chi connectivity index (χ0) is 14.5. The molecule has 20 heavy (non-hydrogen) atoms. The van der Waals surface area contributed by atoms with Gasteiger partial charge in [0.2, 0.25) is 0 Å². The van der Waals surface area contributed by atoms with Crippen molar-refractivity contribution in [2.75, 3.05) is 6.61 Å². The maximum atomic E-state index is 10.1. The van der Waals surface area contributed by atoms with Crippen LogP contribution in [-0.2, 0) is 0 Å². The second-order valence-corrected chi connectivity index (χ2v) is 4.95. The Kier molecular flexibility index (Phi) is 4.77. The van der Waals surface area contributed by atoms with Gasteiger partial charge < -0.3 is 14.9 Å². The van der Waals surface area contributed by atoms with E-state index in [0.717, 1.165) is 16.7 Å². The van der Waals surface area contributed by atoms with E-state index in [1.54, 1.807) is 6.92 Å². The molecule has 2 rings (SSSR count). The van der Waals surface area contributed by atoms with E-state index >= 15 is 0 Å². The van der Waals surface area contributed by atoms with Gasteiger partial charge in [0.15, 0.2) is 0 Å². The van der Waals surface area contributed by atoms with Gasteiger partial charge in [-0.3, -0.25) is 0 Å². The van der Waals surface area contributed by atoms with Gasteiger partial charge in [-0.2, -0.15) is 0 Å². The Morgan fingerprint density at radius 3 is 2.40 bits per heavy atom. The number of aliphatic hydroxyl groups is 2. The van der Waals surface area contributed by atoms with Crippen molar-refractivity contribution in [1.29, 1.82) is 0 Å². The molecule has 3 heteroatoms. The molecule has 0 aliphatic rings. The van der Waals surface area contributed by atoms with Crippen LogP contribution in [0, 0.1) is 6.92 Å². The second kappa shape index (κ2) is 6.55. The summed E-state index contributed by atoms with van der Waals surface area (Å²) in [6, 6.07) is 15.0. The Hall–Kier alpha value is -1.84. The van der Waals surface area contributed by atoms with Gasteiger partial charge in [-0.15, -0.1) is 0 Å². The van der Waals surface area contributed by atoms with E-state index in [4.69, 9.17) is 4.74 Å². The summed E-state index contributed by atoms with van der Waals surface area (Å²) >= 11 is 0. The zero-order valence-corrected chi connectivity index (χ0v) is 11.8. The number of aliphatic hydroxyl groups excluding tert-OH is 2. The van der Waals surface area contributed by atoms with Crippen LogP contribution in [-0.4, -0.2) is 16.8 Å². The molecule has 2 aromatic carbocycles. The summed E-state index contributed by atoms with van der Waals surface area (Å²) in [5, 5.41) is 19.8. The first-order valence-corrected chi connectivity index (χ1v) is 6.72. The van der Waals surface area contributed by atoms with Crippen LogP contribution >= 0.6 is 0 Å². The lowest BCUT2D eigenvalue weighted by molar-refractivity contribution is 0.105. The average Bonchev–Trinajstić information content (AvgIpc) is 2.46. The molecule has 0 saturated carbocycles. The van der Waals surface area contributed by atoms with Crippen LogP contribution in [0.2, 0.25) is 0 Å². The highest BCUT2D eigenvalue weighted by Crippen LogP contribution is 2.27. The molecule has 2 aromatic rings. The maximum Gasteiger partial charge on any atom is 0.125 e. The minimum Gasteiger partial charge on any atom is -0.490 e. The molecule has 0 aliphatic carbocycles. The van der Waals surface area contributed by atoms with Crippen molar-refractivity contribution >= 4 is 0 Å². The van der Waals surface area contributed by atoms with E-state index in [-0.39, 0.29) is 6.61 Å². The molecule has 0 spiro atoms. The number of ether oxygens (including phenoxy) is 1. The van der Waals surface area contributed by atoms with E-state index in [1.165, 1.54) is 0 Å². The van der Waals surface area contributed by atoms with Gasteiger partial charge in [-0.05, 0) is 31.5 Å². The van der Waals surface area contributed by atoms with Gasteiger partial charge >= 0.3 is 0 Å². The number of rotatable bonds is 5. The number of hydrogen-bond donors (Lipinski definition) is 2. The monoisotopic (exact) mass is 272 g/mol. The van der Waals surface area contributed by atoms with Crippen molar-refractivity contribution in [2.24, 2.45) is 0 Å². The van der Waals surface area contributed by atoms with E-state index in [0.29, 0.717) is 5.75 Å². The van der Waals surface area contributed by atoms with Gasteiger partial charge in [-0.1, -0.05) is 42.0 Å². The SMILES string of the molecule is Cc1ccc(OCC(O)c2ccccc2)c([C@H](C)O)c1. The molecule has 106 valence electrons. The Bertz CT molecular complexity index is 549. The minimum absolute atomic E-state index is 0.160. The van der Waals surface area contributed by atoms with Crippen molar-refractivity contribution in [3.63, 3.8) is 0 Å². The van der Waals surface area contributed by atoms with Crippen LogP contribution in [0.1, 0.15) is 35.8 Å². The summed E-state index contributed by atoms with van der Waals surface area (Å²) < 4.78 is 5.66. The molecule has 0 saturated heterocycles. The molecule has 0 bridgehead atoms. The lowest BCUT2D eigenvalue weighted by Gasteiger charge is -2.17. The lowest BCUT2D eigenvalue weighted by atomic mass is 10.1. The van der Waals surface area contributed by atoms with Crippen molar-refractivity contribution < 1.29 is 14.9 Å². The molecule has 2 N–H and O–H groups in total. The van der Waals surface area contributed by atoms with Gasteiger partial charge in [0.25, 0.3) is 0 Å². The third-order valence-electron chi connectivity index (χ3n) is 3.20. The summed E-state index contributed by atoms with van der Waals surface area (Å²) in [6.45, 7) is 3.83. The summed E-state index contributed by atoms with van der Waals surface area (Å²) in [6.07, 6.45) is -1.28. The largest absolute Gasteiger partial charge is 0.490 e. The normalized spacial score (nSPS) is 13.8. The predicted molar refractivity (Wildman–Crippen MR) is 78.7 cm³/mol. The smallest absolute Gasteiger partial charge is 0.125 e. The molecule has 0 fully saturated rings. The first-order valence-electron chi connectivity index (χ1n) is 6.72. The zero-order valence-electron chi connectivity index (χ0n) is 11.8. The van der Waals surface area contributed by atoms with Crippen LogP contribution in [0.5, 0.6) is 5.75 Å². The summed E-state index contributed by atoms with van der Waals surface area (Å²) in [4.78, 5) is 0. The Morgan fingerprint density at radius 1 is 1.05 bits per heavy atom. The molecular formula is C17H20O3. The molecule has 2 atom stereocenters. The highest BCUT2D eigenvalue weighted by Gasteiger charge is 2.12. The first-order chi connectivity index (χ1) is 9.58. The fourth-order valence-electron chi connectivity index (χ4n) is 2.07. The van der Waals surface area contributed by atoms with Crippen molar-refractivity contribution in [3.8, 4) is 5.75 Å². The average molecular weight is 272 g/mol. The van der Waals surface area contributed by atoms with Gasteiger partial charge in [0.05, 0.1) is 6.10 Å². The van der Waals surface area contributed by atoms with Crippen molar-refractivity contribution in [2.45, 2.75) is 26.1 Å². The number of hydrogen-bond acceptors (Lipinski definition) is 3. The molecule has 0 radical (unpaired) electrons. The fraction of sp³-hybridized carbons (Fsp3) is 0.294. The third-order valence-corrected chi connectivity index (χ3v) is 3.20. The van der Waals surface area contributed by atoms with E-state index in [1.807, 2.05) is 55.5 Å². The molecule has 0 heterocycles. The van der Waals surface area contributed by atoms with Gasteiger partial charge in [0, 0.05) is 5.56 Å². The van der Waals surface area contributed by atoms with Crippen LogP contribution in [0.15, 0.2) is 48.5 Å². The number of benzene rings is 2. The molecule has 0 aromatic heterocycles. The molecule has 0 amide bonds. The van der Waals surface area contributed by atoms with E-state index < -0.39 is 12.2 Å². The predicted octanol–water partition coefficient (Wildman–Crippen LogP) is 3.16. The first kappa shape index (κ1) is 14.6. The summed E-state index contributed by atoms with van der Waals surface area (Å²) in [5.41, 5.74) is 2.63. The van der Waals surface area contributed by atoms with Gasteiger partial charge in [-0.25, -0.2) is 0 Å². The summed E-state index contributed by atoms with van der Waals surface area (Å²) in [5.74, 6) is 0.612. The summed E-state index contributed by atoms with van der Waals surface area (Å²) in [7, 11) is 0. The van der Waals surface area contributed by atoms with Crippen LogP contribution in [0.3, 0.4) is 0 Å². The van der Waals surface area contributed by atoms with E-state index in [9.17, 15) is 10.2 Å². The molecule has 0 aliphatic heterocycles. The second-order valence-electron chi connectivity index (χ2n) is 4.95. The van der Waals surface area contributed by atoms with Crippen molar-refractivity contribution in [3.05, 3.63) is 65.2 Å². The highest BCUT2D eigenvalue weighted by atomic mass is 16.5. The molecule has 3 nitrogen and oxygen atoms in total. The standard InChI is InChI=1S/C17H20O3/c1-12-8-9-17(15(10-12)13(2)18)20-11-16(19)14-6-4-3-5-7-14/h3-10,13,16,18-19H,11H2,1-2H3/t13-,16?/m0/s1. The Morgan fingerprint density at radius 2 is 1.75 bits per heavy atom.